The Hall–Kier alpha value is -2.85. The number of nitrogens with one attached hydrogen (secondary N) is 2. The van der Waals surface area contributed by atoms with Gasteiger partial charge in [-0.3, -0.25) is 0 Å². The third-order valence-electron chi connectivity index (χ3n) is 6.71. The van der Waals surface area contributed by atoms with Crippen molar-refractivity contribution in [1.82, 2.24) is 10.6 Å². The van der Waals surface area contributed by atoms with E-state index in [9.17, 15) is 5.26 Å². The molecule has 0 saturated carbocycles. The van der Waals surface area contributed by atoms with Crippen molar-refractivity contribution in [3.63, 3.8) is 0 Å². The summed E-state index contributed by atoms with van der Waals surface area (Å²) in [5.74, 6) is 0. The van der Waals surface area contributed by atoms with E-state index in [0.29, 0.717) is 25.2 Å². The zero-order valence-electron chi connectivity index (χ0n) is 21.4. The topological polar surface area (TPSA) is 92.3 Å². The number of allylic oxidation sites excluding steroid dienone is 7. The molecule has 6 heteroatoms. The fraction of sp³-hybridized carbons (Fsp3) is 0.483. The normalized spacial score (nSPS) is 26.9. The quantitative estimate of drug-likeness (QED) is 0.469. The number of rotatable bonds is 7. The number of hydrogen-bond acceptors (Lipinski definition) is 6. The van der Waals surface area contributed by atoms with Crippen LogP contribution in [0.25, 0.3) is 0 Å². The van der Waals surface area contributed by atoms with Gasteiger partial charge in [0, 0.05) is 26.0 Å². The van der Waals surface area contributed by atoms with E-state index >= 15 is 0 Å². The third-order valence-corrected chi connectivity index (χ3v) is 6.71. The molecular weight excluding hydrogens is 436 g/mol. The Morgan fingerprint density at radius 2 is 2.03 bits per heavy atom. The standard InChI is InChI=1S/C29H40N4O2/c1-22(19-28(32-3)23-7-4-5-15-33-16-6-8-23)27(10-14-30)24-9-13-29(2,25(20-24)21-31)35-26-11-17-34-18-12-26/h4,7-10,14,19-20,26,32-33H,5-6,11-13,15-18,30H2,1-3H3/b7-4?,14-10-,23-8+,27-22-,28-19-. The van der Waals surface area contributed by atoms with Crippen molar-refractivity contribution in [2.75, 3.05) is 33.4 Å². The molecule has 2 heterocycles. The molecule has 0 bridgehead atoms. The molecule has 3 rings (SSSR count). The first-order valence-electron chi connectivity index (χ1n) is 12.7. The Labute approximate surface area is 210 Å². The molecule has 0 aromatic carbocycles. The number of hydrogen-bond donors (Lipinski definition) is 3. The highest BCUT2D eigenvalue weighted by Gasteiger charge is 2.35. The minimum atomic E-state index is -0.626. The number of nitrogens with zero attached hydrogens (tertiary/aromatic N) is 1. The molecule has 188 valence electrons. The zero-order chi connectivity index (χ0) is 25.1. The molecule has 0 aromatic rings. The molecule has 0 spiro atoms. The van der Waals surface area contributed by atoms with Gasteiger partial charge in [0.15, 0.2) is 0 Å². The van der Waals surface area contributed by atoms with Gasteiger partial charge in [0.25, 0.3) is 0 Å². The minimum absolute atomic E-state index is 0.117. The summed E-state index contributed by atoms with van der Waals surface area (Å²) in [5, 5.41) is 16.8. The number of likely N-dealkylation sites (N-methyl/N-ethyl adjacent to an activating group) is 1. The van der Waals surface area contributed by atoms with Gasteiger partial charge in [0.2, 0.25) is 0 Å². The summed E-state index contributed by atoms with van der Waals surface area (Å²) in [6.07, 6.45) is 20.9. The number of ether oxygens (including phenoxy) is 2. The summed E-state index contributed by atoms with van der Waals surface area (Å²) in [7, 11) is 1.95. The van der Waals surface area contributed by atoms with Crippen LogP contribution in [0.3, 0.4) is 0 Å². The van der Waals surface area contributed by atoms with Gasteiger partial charge >= 0.3 is 0 Å². The van der Waals surface area contributed by atoms with E-state index < -0.39 is 5.60 Å². The number of nitrogens with two attached hydrogens (primary N) is 1. The van der Waals surface area contributed by atoms with Crippen molar-refractivity contribution in [2.24, 2.45) is 5.73 Å². The molecule has 6 nitrogen and oxygen atoms in total. The van der Waals surface area contributed by atoms with E-state index in [1.807, 2.05) is 26.1 Å². The summed E-state index contributed by atoms with van der Waals surface area (Å²) in [6, 6.07) is 2.41. The van der Waals surface area contributed by atoms with Crippen LogP contribution in [0.4, 0.5) is 0 Å². The van der Waals surface area contributed by atoms with Gasteiger partial charge in [0.1, 0.15) is 5.60 Å². The summed E-state index contributed by atoms with van der Waals surface area (Å²) in [5.41, 5.74) is 11.1. The van der Waals surface area contributed by atoms with Crippen LogP contribution in [0.15, 0.2) is 82.3 Å². The van der Waals surface area contributed by atoms with Gasteiger partial charge < -0.3 is 25.8 Å². The van der Waals surface area contributed by atoms with Gasteiger partial charge in [-0.2, -0.15) is 5.26 Å². The van der Waals surface area contributed by atoms with Crippen LogP contribution < -0.4 is 16.4 Å². The van der Waals surface area contributed by atoms with E-state index in [2.05, 4.69) is 54.0 Å². The van der Waals surface area contributed by atoms with Crippen LogP contribution in [-0.4, -0.2) is 45.1 Å². The largest absolute Gasteiger partial charge is 0.405 e. The Kier molecular flexibility index (Phi) is 10.2. The van der Waals surface area contributed by atoms with E-state index in [0.717, 1.165) is 61.2 Å². The lowest BCUT2D eigenvalue weighted by atomic mass is 9.82. The molecular formula is C29H40N4O2. The fourth-order valence-corrected chi connectivity index (χ4v) is 4.66. The van der Waals surface area contributed by atoms with Gasteiger partial charge in [0.05, 0.1) is 17.7 Å². The average Bonchev–Trinajstić information content (AvgIpc) is 3.01. The monoisotopic (exact) mass is 476 g/mol. The van der Waals surface area contributed by atoms with Crippen LogP contribution in [0, 0.1) is 11.3 Å². The van der Waals surface area contributed by atoms with E-state index in [4.69, 9.17) is 15.2 Å². The Bertz CT molecular complexity index is 1000. The highest BCUT2D eigenvalue weighted by molar-refractivity contribution is 5.58. The third kappa shape index (κ3) is 7.32. The van der Waals surface area contributed by atoms with Crippen molar-refractivity contribution < 1.29 is 9.47 Å². The predicted molar refractivity (Wildman–Crippen MR) is 142 cm³/mol. The molecule has 3 aliphatic rings. The van der Waals surface area contributed by atoms with Crippen molar-refractivity contribution in [1.29, 1.82) is 5.26 Å². The van der Waals surface area contributed by atoms with Crippen LogP contribution in [0.2, 0.25) is 0 Å². The lowest BCUT2D eigenvalue weighted by molar-refractivity contribution is -0.0976. The summed E-state index contributed by atoms with van der Waals surface area (Å²) in [4.78, 5) is 0. The average molecular weight is 477 g/mol. The lowest BCUT2D eigenvalue weighted by Gasteiger charge is -2.37. The molecule has 1 unspecified atom stereocenters. The van der Waals surface area contributed by atoms with E-state index in [1.54, 1.807) is 6.20 Å². The summed E-state index contributed by atoms with van der Waals surface area (Å²) >= 11 is 0. The fourth-order valence-electron chi connectivity index (χ4n) is 4.66. The minimum Gasteiger partial charge on any atom is -0.405 e. The molecule has 4 N–H and O–H groups in total. The first-order chi connectivity index (χ1) is 17.0. The maximum absolute atomic E-state index is 10.00. The molecule has 1 aliphatic carbocycles. The molecule has 1 atom stereocenters. The first-order valence-corrected chi connectivity index (χ1v) is 12.7. The number of nitriles is 1. The lowest BCUT2D eigenvalue weighted by Crippen LogP contribution is -2.38. The molecule has 35 heavy (non-hydrogen) atoms. The van der Waals surface area contributed by atoms with Crippen LogP contribution >= 0.6 is 0 Å². The van der Waals surface area contributed by atoms with Gasteiger partial charge in [-0.25, -0.2) is 0 Å². The van der Waals surface area contributed by atoms with Gasteiger partial charge in [-0.05, 0) is 106 Å². The summed E-state index contributed by atoms with van der Waals surface area (Å²) in [6.45, 7) is 7.50. The molecule has 0 aromatic heterocycles. The molecule has 0 amide bonds. The van der Waals surface area contributed by atoms with Crippen LogP contribution in [0.5, 0.6) is 0 Å². The van der Waals surface area contributed by atoms with E-state index in [-0.39, 0.29) is 6.10 Å². The van der Waals surface area contributed by atoms with Gasteiger partial charge in [-0.15, -0.1) is 0 Å². The molecule has 1 fully saturated rings. The van der Waals surface area contributed by atoms with Crippen molar-refractivity contribution in [3.05, 3.63) is 82.3 Å². The maximum Gasteiger partial charge on any atom is 0.104 e. The molecule has 1 saturated heterocycles. The molecule has 2 aliphatic heterocycles. The Balaban J connectivity index is 1.91. The van der Waals surface area contributed by atoms with E-state index in [1.165, 1.54) is 5.57 Å². The summed E-state index contributed by atoms with van der Waals surface area (Å²) < 4.78 is 11.9. The van der Waals surface area contributed by atoms with Crippen molar-refractivity contribution in [3.8, 4) is 6.07 Å². The first kappa shape index (κ1) is 26.7. The smallest absolute Gasteiger partial charge is 0.104 e. The maximum atomic E-state index is 10.00. The zero-order valence-corrected chi connectivity index (χ0v) is 21.4. The van der Waals surface area contributed by atoms with Crippen molar-refractivity contribution >= 4 is 0 Å². The SMILES string of the molecule is CNC(=C\C(C)=C(\C=C/N)C1=CCC(C)(OC2CCOCC2)C(C#N)=C1)/C1=C/CCNCCC=C1. The second-order valence-corrected chi connectivity index (χ2v) is 9.35. The molecule has 0 radical (unpaired) electrons. The second kappa shape index (κ2) is 13.3. The van der Waals surface area contributed by atoms with Gasteiger partial charge in [-0.1, -0.05) is 24.3 Å². The van der Waals surface area contributed by atoms with Crippen LogP contribution in [0.1, 0.15) is 46.0 Å². The predicted octanol–water partition coefficient (Wildman–Crippen LogP) is 4.48. The second-order valence-electron chi connectivity index (χ2n) is 9.35. The van der Waals surface area contributed by atoms with Crippen LogP contribution in [-0.2, 0) is 9.47 Å². The Morgan fingerprint density at radius 3 is 2.74 bits per heavy atom. The highest BCUT2D eigenvalue weighted by Crippen LogP contribution is 2.37. The highest BCUT2D eigenvalue weighted by atomic mass is 16.5. The Morgan fingerprint density at radius 1 is 1.26 bits per heavy atom. The van der Waals surface area contributed by atoms with Crippen molar-refractivity contribution in [2.45, 2.75) is 57.7 Å².